The summed E-state index contributed by atoms with van der Waals surface area (Å²) in [7, 11) is 2.10. The van der Waals surface area contributed by atoms with Crippen LogP contribution < -0.4 is 5.32 Å². The van der Waals surface area contributed by atoms with Crippen molar-refractivity contribution in [2.75, 3.05) is 33.4 Å². The van der Waals surface area contributed by atoms with Gasteiger partial charge in [0.1, 0.15) is 6.67 Å². The Labute approximate surface area is 78.9 Å². The molecule has 1 fully saturated rings. The first-order chi connectivity index (χ1) is 6.22. The molecule has 1 aliphatic rings. The molecule has 1 saturated heterocycles. The number of nitrogens with one attached hydrogen (secondary N) is 1. The van der Waals surface area contributed by atoms with E-state index in [0.717, 1.165) is 25.9 Å². The van der Waals surface area contributed by atoms with Gasteiger partial charge in [0.15, 0.2) is 0 Å². The largest absolute Gasteiger partial charge is 0.389 e. The molecule has 0 aliphatic carbocycles. The number of likely N-dealkylation sites (tertiary alicyclic amines) is 1. The van der Waals surface area contributed by atoms with Crippen molar-refractivity contribution in [3.8, 4) is 0 Å². The monoisotopic (exact) mass is 190 g/mol. The lowest BCUT2D eigenvalue weighted by molar-refractivity contribution is 0.127. The molecule has 0 bridgehead atoms. The van der Waals surface area contributed by atoms with Crippen molar-refractivity contribution in [3.63, 3.8) is 0 Å². The van der Waals surface area contributed by atoms with E-state index in [1.807, 2.05) is 0 Å². The summed E-state index contributed by atoms with van der Waals surface area (Å²) < 4.78 is 11.9. The molecule has 2 N–H and O–H groups in total. The molecule has 0 radical (unpaired) electrons. The second-order valence-corrected chi connectivity index (χ2v) is 3.79. The van der Waals surface area contributed by atoms with E-state index >= 15 is 0 Å². The van der Waals surface area contributed by atoms with E-state index in [2.05, 4.69) is 17.3 Å². The van der Waals surface area contributed by atoms with Gasteiger partial charge in [0.2, 0.25) is 0 Å². The van der Waals surface area contributed by atoms with Crippen molar-refractivity contribution in [3.05, 3.63) is 0 Å². The zero-order valence-corrected chi connectivity index (χ0v) is 8.17. The maximum absolute atomic E-state index is 11.9. The second-order valence-electron chi connectivity index (χ2n) is 3.79. The van der Waals surface area contributed by atoms with Crippen molar-refractivity contribution >= 4 is 0 Å². The average molecular weight is 190 g/mol. The molecule has 1 rings (SSSR count). The van der Waals surface area contributed by atoms with Crippen molar-refractivity contribution in [2.24, 2.45) is 0 Å². The molecule has 1 aliphatic heterocycles. The van der Waals surface area contributed by atoms with Crippen LogP contribution >= 0.6 is 0 Å². The molecule has 1 unspecified atom stereocenters. The quantitative estimate of drug-likeness (QED) is 0.655. The number of aliphatic hydroxyl groups excluding tert-OH is 1. The molecule has 13 heavy (non-hydrogen) atoms. The van der Waals surface area contributed by atoms with Crippen LogP contribution in [0.5, 0.6) is 0 Å². The molecule has 0 amide bonds. The Kier molecular flexibility index (Phi) is 4.62. The van der Waals surface area contributed by atoms with Gasteiger partial charge in [-0.3, -0.25) is 0 Å². The SMILES string of the molecule is CN1CCC(NCC(O)CF)CC1. The topological polar surface area (TPSA) is 35.5 Å². The predicted octanol–water partition coefficient (Wildman–Crippen LogP) is 0.000600. The summed E-state index contributed by atoms with van der Waals surface area (Å²) in [5.41, 5.74) is 0. The molecule has 1 atom stereocenters. The summed E-state index contributed by atoms with van der Waals surface area (Å²) in [4.78, 5) is 2.28. The van der Waals surface area contributed by atoms with Crippen LogP contribution in [0.1, 0.15) is 12.8 Å². The number of halogens is 1. The Morgan fingerprint density at radius 3 is 2.69 bits per heavy atom. The van der Waals surface area contributed by atoms with Crippen molar-refractivity contribution in [1.29, 1.82) is 0 Å². The summed E-state index contributed by atoms with van der Waals surface area (Å²) in [5, 5.41) is 12.2. The Morgan fingerprint density at radius 2 is 2.15 bits per heavy atom. The first-order valence-electron chi connectivity index (χ1n) is 4.88. The van der Waals surface area contributed by atoms with Crippen LogP contribution in [0.4, 0.5) is 4.39 Å². The number of piperidine rings is 1. The Balaban J connectivity index is 2.08. The molecule has 0 spiro atoms. The fraction of sp³-hybridized carbons (Fsp3) is 1.00. The van der Waals surface area contributed by atoms with Crippen molar-refractivity contribution in [2.45, 2.75) is 25.0 Å². The maximum Gasteiger partial charge on any atom is 0.117 e. The molecule has 0 saturated carbocycles. The number of hydrogen-bond donors (Lipinski definition) is 2. The van der Waals surface area contributed by atoms with Gasteiger partial charge in [-0.05, 0) is 33.0 Å². The van der Waals surface area contributed by atoms with Gasteiger partial charge in [0.05, 0.1) is 6.10 Å². The van der Waals surface area contributed by atoms with Crippen LogP contribution in [0.25, 0.3) is 0 Å². The third kappa shape index (κ3) is 4.02. The molecule has 0 aromatic rings. The van der Waals surface area contributed by atoms with E-state index in [9.17, 15) is 4.39 Å². The summed E-state index contributed by atoms with van der Waals surface area (Å²) in [6.07, 6.45) is 1.35. The fourth-order valence-electron chi connectivity index (χ4n) is 1.57. The Bertz CT molecular complexity index is 138. The minimum absolute atomic E-state index is 0.380. The van der Waals surface area contributed by atoms with E-state index in [4.69, 9.17) is 5.11 Å². The molecule has 78 valence electrons. The van der Waals surface area contributed by atoms with Crippen LogP contribution in [-0.4, -0.2) is 55.5 Å². The van der Waals surface area contributed by atoms with Crippen LogP contribution in [0.15, 0.2) is 0 Å². The highest BCUT2D eigenvalue weighted by molar-refractivity contribution is 4.76. The maximum atomic E-state index is 11.9. The third-order valence-electron chi connectivity index (χ3n) is 2.54. The highest BCUT2D eigenvalue weighted by Crippen LogP contribution is 2.07. The normalized spacial score (nSPS) is 23.3. The molecular weight excluding hydrogens is 171 g/mol. The summed E-state index contributed by atoms with van der Waals surface area (Å²) >= 11 is 0. The van der Waals surface area contributed by atoms with Gasteiger partial charge in [-0.2, -0.15) is 0 Å². The third-order valence-corrected chi connectivity index (χ3v) is 2.54. The highest BCUT2D eigenvalue weighted by Gasteiger charge is 2.16. The predicted molar refractivity (Wildman–Crippen MR) is 50.5 cm³/mol. The van der Waals surface area contributed by atoms with Gasteiger partial charge in [-0.15, -0.1) is 0 Å². The van der Waals surface area contributed by atoms with Crippen LogP contribution in [0.2, 0.25) is 0 Å². The van der Waals surface area contributed by atoms with E-state index in [1.165, 1.54) is 0 Å². The molecule has 0 aromatic carbocycles. The lowest BCUT2D eigenvalue weighted by Crippen LogP contribution is -2.43. The minimum atomic E-state index is -0.834. The van der Waals surface area contributed by atoms with E-state index < -0.39 is 12.8 Å². The minimum Gasteiger partial charge on any atom is -0.389 e. The number of nitrogens with zero attached hydrogens (tertiary/aromatic N) is 1. The summed E-state index contributed by atoms with van der Waals surface area (Å²) in [5.74, 6) is 0. The van der Waals surface area contributed by atoms with Crippen LogP contribution in [0, 0.1) is 0 Å². The highest BCUT2D eigenvalue weighted by atomic mass is 19.1. The van der Waals surface area contributed by atoms with Crippen molar-refractivity contribution < 1.29 is 9.50 Å². The van der Waals surface area contributed by atoms with E-state index in [-0.39, 0.29) is 0 Å². The molecule has 0 aromatic heterocycles. The second kappa shape index (κ2) is 5.52. The van der Waals surface area contributed by atoms with Crippen molar-refractivity contribution in [1.82, 2.24) is 10.2 Å². The zero-order chi connectivity index (χ0) is 9.68. The van der Waals surface area contributed by atoms with E-state index in [1.54, 1.807) is 0 Å². The first kappa shape index (κ1) is 10.9. The lowest BCUT2D eigenvalue weighted by atomic mass is 10.1. The fourth-order valence-corrected chi connectivity index (χ4v) is 1.57. The molecule has 4 heteroatoms. The van der Waals surface area contributed by atoms with Gasteiger partial charge in [0.25, 0.3) is 0 Å². The molecule has 3 nitrogen and oxygen atoms in total. The summed E-state index contributed by atoms with van der Waals surface area (Å²) in [6, 6.07) is 0.456. The summed E-state index contributed by atoms with van der Waals surface area (Å²) in [6.45, 7) is 1.90. The number of alkyl halides is 1. The lowest BCUT2D eigenvalue weighted by Gasteiger charge is -2.29. The van der Waals surface area contributed by atoms with Gasteiger partial charge in [-0.25, -0.2) is 4.39 Å². The Hall–Kier alpha value is -0.190. The van der Waals surface area contributed by atoms with Gasteiger partial charge >= 0.3 is 0 Å². The van der Waals surface area contributed by atoms with Crippen LogP contribution in [0.3, 0.4) is 0 Å². The molecular formula is C9H19FN2O. The first-order valence-corrected chi connectivity index (χ1v) is 4.88. The number of hydrogen-bond acceptors (Lipinski definition) is 3. The van der Waals surface area contributed by atoms with Crippen LogP contribution in [-0.2, 0) is 0 Å². The van der Waals surface area contributed by atoms with Gasteiger partial charge in [-0.1, -0.05) is 0 Å². The van der Waals surface area contributed by atoms with Gasteiger partial charge in [0, 0.05) is 12.6 Å². The average Bonchev–Trinajstić information content (AvgIpc) is 2.16. The van der Waals surface area contributed by atoms with Gasteiger partial charge < -0.3 is 15.3 Å². The van der Waals surface area contributed by atoms with E-state index in [0.29, 0.717) is 12.6 Å². The standard InChI is InChI=1S/C9H19FN2O/c1-12-4-2-8(3-5-12)11-7-9(13)6-10/h8-9,11,13H,2-7H2,1H3. The number of aliphatic hydroxyl groups is 1. The number of rotatable bonds is 4. The zero-order valence-electron chi connectivity index (χ0n) is 8.17. The Morgan fingerprint density at radius 1 is 1.54 bits per heavy atom. The molecule has 1 heterocycles. The smallest absolute Gasteiger partial charge is 0.117 e.